The van der Waals surface area contributed by atoms with Crippen molar-refractivity contribution in [2.45, 2.75) is 6.54 Å². The number of carbonyl (C=O) groups excluding carboxylic acids is 1. The second kappa shape index (κ2) is 9.35. The van der Waals surface area contributed by atoms with E-state index in [4.69, 9.17) is 15.5 Å². The van der Waals surface area contributed by atoms with Crippen LogP contribution in [-0.4, -0.2) is 54.1 Å². The molecule has 9 nitrogen and oxygen atoms in total. The minimum Gasteiger partial charge on any atom is -0.491 e. The van der Waals surface area contributed by atoms with Crippen LogP contribution in [0.1, 0.15) is 16.1 Å². The smallest absolute Gasteiger partial charge is 0.272 e. The molecule has 2 saturated heterocycles. The first-order chi connectivity index (χ1) is 19.8. The molecule has 7 rings (SSSR count). The molecule has 2 aromatic heterocycles. The van der Waals surface area contributed by atoms with Crippen molar-refractivity contribution in [2.24, 2.45) is 11.1 Å². The molecule has 3 aromatic carbocycles. The number of nitrogens with zero attached hydrogens (tertiary/aromatic N) is 4. The molecule has 0 atom stereocenters. The molecule has 2 aliphatic heterocycles. The zero-order valence-electron chi connectivity index (χ0n) is 22.5. The standard InChI is InChI=1S/C32H27N5O4/c1-41-30-27(28(38)29(30)39)37-17-32(18-37)15-36(16-32)14-19-7-9-21(10-8-19)26-23(20-5-3-2-4-6-20)11-22-13-34-25(31(33)40)12-24(22)35-26/h2-13H,14-18H2,1H3,(H2,33,40). The van der Waals surface area contributed by atoms with Crippen LogP contribution in [0.5, 0.6) is 5.75 Å². The van der Waals surface area contributed by atoms with Gasteiger partial charge in [0.15, 0.2) is 5.75 Å². The van der Waals surface area contributed by atoms with Crippen LogP contribution in [0.15, 0.2) is 82.5 Å². The summed E-state index contributed by atoms with van der Waals surface area (Å²) in [7, 11) is 1.43. The average Bonchev–Trinajstić information content (AvgIpc) is 2.96. The van der Waals surface area contributed by atoms with Gasteiger partial charge in [-0.15, -0.1) is 0 Å². The number of hydrogen-bond acceptors (Lipinski definition) is 8. The molecule has 0 bridgehead atoms. The Bertz CT molecular complexity index is 1880. The maximum absolute atomic E-state index is 12.0. The third-order valence-electron chi connectivity index (χ3n) is 8.20. The van der Waals surface area contributed by atoms with E-state index < -0.39 is 16.8 Å². The number of primary amides is 1. The highest BCUT2D eigenvalue weighted by Gasteiger charge is 2.53. The van der Waals surface area contributed by atoms with Crippen molar-refractivity contribution in [1.29, 1.82) is 0 Å². The van der Waals surface area contributed by atoms with Crippen LogP contribution >= 0.6 is 0 Å². The van der Waals surface area contributed by atoms with Gasteiger partial charge in [0.1, 0.15) is 11.4 Å². The molecule has 0 unspecified atom stereocenters. The molecule has 0 radical (unpaired) electrons. The molecule has 0 saturated carbocycles. The summed E-state index contributed by atoms with van der Waals surface area (Å²) in [5, 5.41) is 0.832. The van der Waals surface area contributed by atoms with Crippen LogP contribution in [0.4, 0.5) is 5.69 Å². The van der Waals surface area contributed by atoms with E-state index in [9.17, 15) is 14.4 Å². The van der Waals surface area contributed by atoms with Gasteiger partial charge in [0, 0.05) is 60.8 Å². The van der Waals surface area contributed by atoms with Crippen LogP contribution in [0, 0.1) is 5.41 Å². The Morgan fingerprint density at radius 1 is 0.951 bits per heavy atom. The molecule has 1 amide bonds. The normalized spacial score (nSPS) is 16.1. The number of hydrogen-bond donors (Lipinski definition) is 1. The molecule has 204 valence electrons. The molecule has 1 spiro atoms. The van der Waals surface area contributed by atoms with Crippen molar-refractivity contribution in [1.82, 2.24) is 14.9 Å². The molecular weight excluding hydrogens is 518 g/mol. The van der Waals surface area contributed by atoms with Gasteiger partial charge in [0.25, 0.3) is 16.8 Å². The fourth-order valence-corrected chi connectivity index (χ4v) is 6.26. The van der Waals surface area contributed by atoms with Crippen molar-refractivity contribution in [3.63, 3.8) is 0 Å². The first-order valence-electron chi connectivity index (χ1n) is 13.4. The summed E-state index contributed by atoms with van der Waals surface area (Å²) in [6, 6.07) is 22.2. The predicted octanol–water partition coefficient (Wildman–Crippen LogP) is 2.99. The lowest BCUT2D eigenvalue weighted by molar-refractivity contribution is -0.0276. The zero-order chi connectivity index (χ0) is 28.3. The number of pyridine rings is 2. The van der Waals surface area contributed by atoms with Gasteiger partial charge in [-0.05, 0) is 23.3 Å². The Kier molecular flexibility index (Phi) is 5.72. The number of anilines is 1. The first kappa shape index (κ1) is 25.1. The van der Waals surface area contributed by atoms with Crippen LogP contribution in [0.3, 0.4) is 0 Å². The number of benzene rings is 2. The second-order valence-electron chi connectivity index (χ2n) is 11.1. The second-order valence-corrected chi connectivity index (χ2v) is 11.1. The van der Waals surface area contributed by atoms with Gasteiger partial charge < -0.3 is 15.4 Å². The number of likely N-dealkylation sites (tertiary alicyclic amines) is 1. The topological polar surface area (TPSA) is 119 Å². The zero-order valence-corrected chi connectivity index (χ0v) is 22.5. The molecule has 2 aliphatic rings. The van der Waals surface area contributed by atoms with Crippen molar-refractivity contribution in [3.05, 3.63) is 105 Å². The molecule has 41 heavy (non-hydrogen) atoms. The molecule has 9 heteroatoms. The van der Waals surface area contributed by atoms with Crippen LogP contribution in [0.2, 0.25) is 0 Å². The number of ether oxygens (including phenoxy) is 1. The molecule has 2 fully saturated rings. The van der Waals surface area contributed by atoms with Gasteiger partial charge in [-0.1, -0.05) is 54.6 Å². The molecule has 0 aliphatic carbocycles. The van der Waals surface area contributed by atoms with E-state index in [0.717, 1.165) is 60.5 Å². The summed E-state index contributed by atoms with van der Waals surface area (Å²) in [6.07, 6.45) is 1.64. The van der Waals surface area contributed by atoms with E-state index in [-0.39, 0.29) is 16.9 Å². The average molecular weight is 546 g/mol. The van der Waals surface area contributed by atoms with E-state index in [0.29, 0.717) is 11.2 Å². The molecule has 5 aromatic rings. The van der Waals surface area contributed by atoms with E-state index in [1.165, 1.54) is 12.7 Å². The lowest BCUT2D eigenvalue weighted by Crippen LogP contribution is -2.73. The largest absolute Gasteiger partial charge is 0.491 e. The van der Waals surface area contributed by atoms with Crippen molar-refractivity contribution >= 4 is 22.5 Å². The predicted molar refractivity (Wildman–Crippen MR) is 157 cm³/mol. The number of carbonyl (C=O) groups is 1. The summed E-state index contributed by atoms with van der Waals surface area (Å²) in [5.41, 5.74) is 11.0. The Hall–Kier alpha value is -4.89. The number of nitrogens with two attached hydrogens (primary N) is 1. The van der Waals surface area contributed by atoms with Gasteiger partial charge in [0.05, 0.1) is 18.3 Å². The maximum atomic E-state index is 12.0. The minimum atomic E-state index is -0.586. The summed E-state index contributed by atoms with van der Waals surface area (Å²) in [5.74, 6) is -0.389. The van der Waals surface area contributed by atoms with Crippen molar-refractivity contribution in [2.75, 3.05) is 38.2 Å². The summed E-state index contributed by atoms with van der Waals surface area (Å²) < 4.78 is 5.10. The highest BCUT2D eigenvalue weighted by atomic mass is 16.5. The molecule has 4 heterocycles. The number of amides is 1. The Balaban J connectivity index is 1.08. The minimum absolute atomic E-state index is 0.170. The van der Waals surface area contributed by atoms with Crippen LogP contribution in [-0.2, 0) is 6.54 Å². The fraction of sp³-hybridized carbons (Fsp3) is 0.219. The first-order valence-corrected chi connectivity index (χ1v) is 13.4. The maximum Gasteiger partial charge on any atom is 0.272 e. The van der Waals surface area contributed by atoms with Gasteiger partial charge >= 0.3 is 0 Å². The lowest BCUT2D eigenvalue weighted by atomic mass is 9.72. The summed E-state index contributed by atoms with van der Waals surface area (Å²) in [4.78, 5) is 48.8. The highest BCUT2D eigenvalue weighted by molar-refractivity contribution is 5.97. The SMILES string of the molecule is COc1c(N2CC3(CN(Cc4ccc(-c5nc6cc(C(N)=O)ncc6cc5-c5ccccc5)cc4)C3)C2)c(=O)c1=O. The van der Waals surface area contributed by atoms with Gasteiger partial charge in [0.2, 0.25) is 0 Å². The highest BCUT2D eigenvalue weighted by Crippen LogP contribution is 2.43. The van der Waals surface area contributed by atoms with E-state index >= 15 is 0 Å². The number of aromatic nitrogens is 2. The molecule has 2 N–H and O–H groups in total. The van der Waals surface area contributed by atoms with Crippen LogP contribution in [0.25, 0.3) is 33.3 Å². The number of methoxy groups -OCH3 is 1. The van der Waals surface area contributed by atoms with Gasteiger partial charge in [-0.3, -0.25) is 24.3 Å². The third-order valence-corrected chi connectivity index (χ3v) is 8.20. The monoisotopic (exact) mass is 545 g/mol. The van der Waals surface area contributed by atoms with E-state index in [1.54, 1.807) is 12.3 Å². The van der Waals surface area contributed by atoms with E-state index in [2.05, 4.69) is 52.3 Å². The Morgan fingerprint density at radius 2 is 1.68 bits per heavy atom. The third kappa shape index (κ3) is 4.17. The Labute approximate surface area is 235 Å². The van der Waals surface area contributed by atoms with Crippen LogP contribution < -0.4 is 26.2 Å². The lowest BCUT2D eigenvalue weighted by Gasteiger charge is -2.61. The van der Waals surface area contributed by atoms with Gasteiger partial charge in [-0.25, -0.2) is 4.98 Å². The van der Waals surface area contributed by atoms with Gasteiger partial charge in [-0.2, -0.15) is 0 Å². The van der Waals surface area contributed by atoms with E-state index in [1.807, 2.05) is 23.1 Å². The van der Waals surface area contributed by atoms with Crippen molar-refractivity contribution in [3.8, 4) is 28.1 Å². The number of fused-ring (bicyclic) bond motifs is 1. The van der Waals surface area contributed by atoms with Crippen molar-refractivity contribution < 1.29 is 9.53 Å². The quantitative estimate of drug-likeness (QED) is 0.310. The molecular formula is C32H27N5O4. The number of rotatable bonds is 7. The fourth-order valence-electron chi connectivity index (χ4n) is 6.26. The Morgan fingerprint density at radius 3 is 2.37 bits per heavy atom. The summed E-state index contributed by atoms with van der Waals surface area (Å²) in [6.45, 7) is 4.27. The summed E-state index contributed by atoms with van der Waals surface area (Å²) >= 11 is 0.